The molecule has 0 spiro atoms. The van der Waals surface area contributed by atoms with Gasteiger partial charge in [-0.25, -0.2) is 0 Å². The Labute approximate surface area is 277 Å². The van der Waals surface area contributed by atoms with Gasteiger partial charge in [0.1, 0.15) is 12.4 Å². The number of ether oxygens (including phenoxy) is 2. The zero-order valence-electron chi connectivity index (χ0n) is 24.9. The van der Waals surface area contributed by atoms with Crippen LogP contribution in [-0.2, 0) is 4.74 Å². The molecule has 1 aliphatic rings. The second-order valence-electron chi connectivity index (χ2n) is 10.5. The minimum absolute atomic E-state index is 0.0708. The fourth-order valence-electron chi connectivity index (χ4n) is 5.38. The number of halogens is 1. The van der Waals surface area contributed by atoms with Crippen LogP contribution < -0.4 is 15.4 Å². The number of rotatable bonds is 10. The van der Waals surface area contributed by atoms with Crippen LogP contribution in [0.15, 0.2) is 108 Å². The number of carbonyl (C=O) groups is 2. The van der Waals surface area contributed by atoms with Gasteiger partial charge in [-0.2, -0.15) is 0 Å². The summed E-state index contributed by atoms with van der Waals surface area (Å²) in [6, 6.07) is 33.4. The molecule has 1 heterocycles. The van der Waals surface area contributed by atoms with Crippen LogP contribution in [0.3, 0.4) is 0 Å². The lowest BCUT2D eigenvalue weighted by molar-refractivity contribution is 0.0598. The molecule has 0 bridgehead atoms. The Morgan fingerprint density at radius 2 is 1.44 bits per heavy atom. The first-order valence-corrected chi connectivity index (χ1v) is 15.9. The Hall–Kier alpha value is -4.09. The monoisotopic (exact) mass is 686 g/mol. The highest BCUT2D eigenvalue weighted by atomic mass is 79.9. The highest BCUT2D eigenvalue weighted by Gasteiger charge is 2.29. The van der Waals surface area contributed by atoms with Gasteiger partial charge in [0, 0.05) is 37.8 Å². The molecule has 45 heavy (non-hydrogen) atoms. The van der Waals surface area contributed by atoms with E-state index in [0.717, 1.165) is 17.6 Å². The van der Waals surface area contributed by atoms with Gasteiger partial charge in [0.15, 0.2) is 5.11 Å². The van der Waals surface area contributed by atoms with Crippen molar-refractivity contribution in [3.05, 3.63) is 130 Å². The lowest BCUT2D eigenvalue weighted by Crippen LogP contribution is -2.50. The largest absolute Gasteiger partial charge is 0.490 e. The van der Waals surface area contributed by atoms with Crippen LogP contribution >= 0.6 is 28.1 Å². The van der Waals surface area contributed by atoms with E-state index >= 15 is 0 Å². The van der Waals surface area contributed by atoms with Crippen LogP contribution in [0.5, 0.6) is 5.75 Å². The fourth-order valence-corrected chi connectivity index (χ4v) is 5.95. The molecule has 8 nitrogen and oxygen atoms in total. The van der Waals surface area contributed by atoms with Crippen molar-refractivity contribution in [3.63, 3.8) is 0 Å². The van der Waals surface area contributed by atoms with Crippen molar-refractivity contribution in [1.29, 1.82) is 0 Å². The van der Waals surface area contributed by atoms with Gasteiger partial charge in [-0.05, 0) is 53.7 Å². The molecule has 232 valence electrons. The number of para-hydroxylation sites is 1. The molecule has 0 aromatic heterocycles. The minimum atomic E-state index is -0.437. The van der Waals surface area contributed by atoms with E-state index in [1.165, 1.54) is 11.1 Å². The van der Waals surface area contributed by atoms with E-state index in [9.17, 15) is 9.59 Å². The van der Waals surface area contributed by atoms with Gasteiger partial charge in [-0.1, -0.05) is 88.7 Å². The number of amides is 2. The number of benzene rings is 4. The number of hydrogen-bond acceptors (Lipinski definition) is 6. The van der Waals surface area contributed by atoms with Gasteiger partial charge in [0.25, 0.3) is 11.8 Å². The van der Waals surface area contributed by atoms with Gasteiger partial charge < -0.3 is 19.7 Å². The highest BCUT2D eigenvalue weighted by Crippen LogP contribution is 2.30. The predicted molar refractivity (Wildman–Crippen MR) is 184 cm³/mol. The zero-order chi connectivity index (χ0) is 31.6. The van der Waals surface area contributed by atoms with E-state index in [-0.39, 0.29) is 17.1 Å². The number of anilines is 1. The number of carbonyl (C=O) groups excluding carboxylic acids is 2. The maximum Gasteiger partial charge on any atom is 0.261 e. The summed E-state index contributed by atoms with van der Waals surface area (Å²) in [5.74, 6) is -0.122. The number of nitrogens with one attached hydrogen (secondary N) is 2. The van der Waals surface area contributed by atoms with Gasteiger partial charge in [-0.3, -0.25) is 19.8 Å². The van der Waals surface area contributed by atoms with E-state index in [1.54, 1.807) is 37.4 Å². The van der Waals surface area contributed by atoms with Crippen LogP contribution in [0.25, 0.3) is 0 Å². The summed E-state index contributed by atoms with van der Waals surface area (Å²) in [7, 11) is 1.58. The van der Waals surface area contributed by atoms with Crippen molar-refractivity contribution in [1.82, 2.24) is 15.1 Å². The first-order valence-electron chi connectivity index (χ1n) is 14.7. The molecular weight excluding hydrogens is 652 g/mol. The molecule has 10 heteroatoms. The second-order valence-corrected chi connectivity index (χ2v) is 11.8. The van der Waals surface area contributed by atoms with Crippen molar-refractivity contribution in [2.24, 2.45) is 0 Å². The van der Waals surface area contributed by atoms with Crippen molar-refractivity contribution in [2.45, 2.75) is 6.04 Å². The molecule has 0 radical (unpaired) electrons. The Balaban J connectivity index is 1.24. The third kappa shape index (κ3) is 8.34. The van der Waals surface area contributed by atoms with Gasteiger partial charge in [0.05, 0.1) is 29.5 Å². The van der Waals surface area contributed by atoms with Crippen molar-refractivity contribution in [2.75, 3.05) is 51.8 Å². The summed E-state index contributed by atoms with van der Waals surface area (Å²) < 4.78 is 11.5. The molecule has 2 amide bonds. The summed E-state index contributed by atoms with van der Waals surface area (Å²) in [5.41, 5.74) is 3.77. The standard InChI is InChI=1S/C35H35BrN4O4S/c1-43-22-23-44-31-17-16-27(36)24-29(31)33(41)38-35(45)37-30-15-9-8-14-28(30)34(42)40-20-18-39(19-21-40)32(25-10-4-2-5-11-25)26-12-6-3-7-13-26/h2-17,24,32H,18-23H2,1H3,(H2,37,38,41,45). The lowest BCUT2D eigenvalue weighted by Gasteiger charge is -2.40. The molecule has 0 aliphatic carbocycles. The first-order chi connectivity index (χ1) is 21.9. The molecular formula is C35H35BrN4O4S. The van der Waals surface area contributed by atoms with Crippen LogP contribution in [0, 0.1) is 0 Å². The average molecular weight is 688 g/mol. The van der Waals surface area contributed by atoms with Crippen molar-refractivity contribution in [3.8, 4) is 5.75 Å². The van der Waals surface area contributed by atoms with Crippen LogP contribution in [0.2, 0.25) is 0 Å². The zero-order valence-corrected chi connectivity index (χ0v) is 27.4. The van der Waals surface area contributed by atoms with E-state index in [1.807, 2.05) is 29.2 Å². The highest BCUT2D eigenvalue weighted by molar-refractivity contribution is 9.10. The predicted octanol–water partition coefficient (Wildman–Crippen LogP) is 6.15. The van der Waals surface area contributed by atoms with Crippen molar-refractivity contribution >= 4 is 50.8 Å². The molecule has 4 aromatic carbocycles. The summed E-state index contributed by atoms with van der Waals surface area (Å²) in [5, 5.41) is 5.84. The van der Waals surface area contributed by atoms with Gasteiger partial charge >= 0.3 is 0 Å². The summed E-state index contributed by atoms with van der Waals surface area (Å²) in [6.07, 6.45) is 0. The van der Waals surface area contributed by atoms with E-state index in [2.05, 4.69) is 80.0 Å². The van der Waals surface area contributed by atoms with Crippen LogP contribution in [-0.4, -0.2) is 73.2 Å². The maximum absolute atomic E-state index is 13.8. The third-order valence-corrected chi connectivity index (χ3v) is 8.26. The number of thiocarbonyl (C=S) groups is 1. The SMILES string of the molecule is COCCOc1ccc(Br)cc1C(=O)NC(=S)Nc1ccccc1C(=O)N1CCN(C(c2ccccc2)c2ccccc2)CC1. The van der Waals surface area contributed by atoms with Gasteiger partial charge in [-0.15, -0.1) is 0 Å². The molecule has 4 aromatic rings. The molecule has 1 saturated heterocycles. The van der Waals surface area contributed by atoms with E-state index in [4.69, 9.17) is 21.7 Å². The number of nitrogens with zero attached hydrogens (tertiary/aromatic N) is 2. The Bertz CT molecular complexity index is 1580. The maximum atomic E-state index is 13.8. The Morgan fingerprint density at radius 1 is 0.822 bits per heavy atom. The molecule has 0 atom stereocenters. The average Bonchev–Trinajstić information content (AvgIpc) is 3.07. The third-order valence-electron chi connectivity index (χ3n) is 7.56. The second kappa shape index (κ2) is 15.8. The lowest BCUT2D eigenvalue weighted by atomic mass is 9.96. The smallest absolute Gasteiger partial charge is 0.261 e. The molecule has 1 aliphatic heterocycles. The van der Waals surface area contributed by atoms with Crippen molar-refractivity contribution < 1.29 is 19.1 Å². The van der Waals surface area contributed by atoms with Gasteiger partial charge in [0.2, 0.25) is 0 Å². The summed E-state index contributed by atoms with van der Waals surface area (Å²) >= 11 is 8.90. The molecule has 0 saturated carbocycles. The summed E-state index contributed by atoms with van der Waals surface area (Å²) in [4.78, 5) is 31.2. The topological polar surface area (TPSA) is 83.1 Å². The van der Waals surface area contributed by atoms with Crippen LogP contribution in [0.1, 0.15) is 37.9 Å². The number of hydrogen-bond donors (Lipinski definition) is 2. The minimum Gasteiger partial charge on any atom is -0.490 e. The Morgan fingerprint density at radius 3 is 2.09 bits per heavy atom. The normalized spacial score (nSPS) is 13.4. The number of methoxy groups -OCH3 is 1. The number of piperazine rings is 1. The molecule has 0 unspecified atom stereocenters. The summed E-state index contributed by atoms with van der Waals surface area (Å²) in [6.45, 7) is 3.30. The first kappa shape index (κ1) is 32.3. The van der Waals surface area contributed by atoms with Crippen LogP contribution in [0.4, 0.5) is 5.69 Å². The molecule has 1 fully saturated rings. The fraction of sp³-hybridized carbons (Fsp3) is 0.229. The molecule has 5 rings (SSSR count). The van der Waals surface area contributed by atoms with E-state index < -0.39 is 5.91 Å². The molecule has 2 N–H and O–H groups in total. The quantitative estimate of drug-likeness (QED) is 0.153. The Kier molecular flexibility index (Phi) is 11.3. The van der Waals surface area contributed by atoms with E-state index in [0.29, 0.717) is 48.9 Å².